The van der Waals surface area contributed by atoms with Gasteiger partial charge in [-0.15, -0.1) is 0 Å². The van der Waals surface area contributed by atoms with Crippen molar-refractivity contribution in [1.29, 1.82) is 0 Å². The van der Waals surface area contributed by atoms with Crippen molar-refractivity contribution in [2.24, 2.45) is 22.4 Å². The molecule has 1 amide bonds. The van der Waals surface area contributed by atoms with Crippen molar-refractivity contribution >= 4 is 38.6 Å². The van der Waals surface area contributed by atoms with Gasteiger partial charge >= 0.3 is 0 Å². The number of allylic oxidation sites excluding steroid dienone is 3. The Hall–Kier alpha value is -2.58. The predicted octanol–water partition coefficient (Wildman–Crippen LogP) is 1.42. The number of hydrogen-bond donors (Lipinski definition) is 2. The molecule has 1 aromatic carbocycles. The van der Waals surface area contributed by atoms with Gasteiger partial charge in [0.25, 0.3) is 5.91 Å². The van der Waals surface area contributed by atoms with Crippen LogP contribution in [0.3, 0.4) is 0 Å². The van der Waals surface area contributed by atoms with Crippen LogP contribution < -0.4 is 16.2 Å². The topological polar surface area (TPSA) is 125 Å². The highest BCUT2D eigenvalue weighted by atomic mass is 35.5. The van der Waals surface area contributed by atoms with Gasteiger partial charge in [-0.3, -0.25) is 4.79 Å². The lowest BCUT2D eigenvalue weighted by Gasteiger charge is -2.23. The minimum absolute atomic E-state index is 0.0749. The van der Waals surface area contributed by atoms with Gasteiger partial charge in [-0.2, -0.15) is 13.4 Å². The molecule has 0 aromatic heterocycles. The summed E-state index contributed by atoms with van der Waals surface area (Å²) in [5.41, 5.74) is 11.0. The van der Waals surface area contributed by atoms with E-state index in [2.05, 4.69) is 4.99 Å². The van der Waals surface area contributed by atoms with E-state index in [1.807, 2.05) is 0 Å². The monoisotopic (exact) mass is 381 g/mol. The normalized spacial score (nSPS) is 17.0. The molecule has 0 saturated carbocycles. The molecule has 1 aliphatic rings. The van der Waals surface area contributed by atoms with Crippen molar-refractivity contribution in [2.75, 3.05) is 0 Å². The zero-order valence-corrected chi connectivity index (χ0v) is 15.1. The van der Waals surface area contributed by atoms with Crippen LogP contribution in [-0.2, 0) is 15.1 Å². The van der Waals surface area contributed by atoms with Crippen LogP contribution in [0.1, 0.15) is 13.8 Å². The summed E-state index contributed by atoms with van der Waals surface area (Å²) in [5, 5.41) is 0.331. The number of halogens is 1. The minimum atomic E-state index is -2.63. The van der Waals surface area contributed by atoms with E-state index in [0.29, 0.717) is 16.3 Å². The van der Waals surface area contributed by atoms with Gasteiger partial charge in [0.1, 0.15) is 16.4 Å². The third kappa shape index (κ3) is 4.09. The van der Waals surface area contributed by atoms with E-state index in [4.69, 9.17) is 27.8 Å². The molecular formula is C16H16ClN3O4S. The number of aliphatic imine (C=N–C) groups is 1. The molecule has 1 aliphatic carbocycles. The summed E-state index contributed by atoms with van der Waals surface area (Å²) < 4.78 is 29.3. The summed E-state index contributed by atoms with van der Waals surface area (Å²) in [6.07, 6.45) is 1.50. The van der Waals surface area contributed by atoms with E-state index in [0.717, 1.165) is 0 Å². The van der Waals surface area contributed by atoms with E-state index >= 15 is 0 Å². The molecule has 25 heavy (non-hydrogen) atoms. The molecular weight excluding hydrogens is 366 g/mol. The van der Waals surface area contributed by atoms with Gasteiger partial charge in [-0.05, 0) is 30.7 Å². The zero-order chi connectivity index (χ0) is 18.7. The second kappa shape index (κ2) is 7.54. The van der Waals surface area contributed by atoms with Crippen molar-refractivity contribution in [3.63, 3.8) is 0 Å². The molecule has 0 bridgehead atoms. The average Bonchev–Trinajstić information content (AvgIpc) is 2.51. The number of guanidine groups is 1. The van der Waals surface area contributed by atoms with Gasteiger partial charge in [0.05, 0.1) is 5.02 Å². The number of rotatable bonds is 3. The fourth-order valence-corrected chi connectivity index (χ4v) is 3.32. The number of amides is 1. The van der Waals surface area contributed by atoms with Crippen molar-refractivity contribution in [3.8, 4) is 5.75 Å². The molecule has 4 N–H and O–H groups in total. The second-order valence-electron chi connectivity index (χ2n) is 5.31. The van der Waals surface area contributed by atoms with Gasteiger partial charge in [-0.25, -0.2) is 0 Å². The second-order valence-corrected chi connectivity index (χ2v) is 6.62. The molecule has 2 rings (SSSR count). The Bertz CT molecular complexity index is 949. The minimum Gasteiger partial charge on any atom is -0.454 e. The Morgan fingerprint density at radius 3 is 2.48 bits per heavy atom. The molecule has 7 nitrogen and oxygen atoms in total. The first kappa shape index (κ1) is 18.8. The Morgan fingerprint density at radius 1 is 1.28 bits per heavy atom. The van der Waals surface area contributed by atoms with Gasteiger partial charge in [-0.1, -0.05) is 30.7 Å². The van der Waals surface area contributed by atoms with E-state index in [1.54, 1.807) is 38.1 Å². The first-order valence-electron chi connectivity index (χ1n) is 7.17. The average molecular weight is 382 g/mol. The highest BCUT2D eigenvalue weighted by molar-refractivity contribution is 7.73. The summed E-state index contributed by atoms with van der Waals surface area (Å²) >= 11 is 6.07. The van der Waals surface area contributed by atoms with E-state index < -0.39 is 28.1 Å². The van der Waals surface area contributed by atoms with E-state index in [1.165, 1.54) is 6.08 Å². The highest BCUT2D eigenvalue weighted by Crippen LogP contribution is 2.32. The maximum atomic E-state index is 12.1. The maximum Gasteiger partial charge on any atom is 0.276 e. The molecule has 1 aromatic rings. The molecule has 9 heteroatoms. The van der Waals surface area contributed by atoms with Gasteiger partial charge < -0.3 is 16.2 Å². The van der Waals surface area contributed by atoms with Gasteiger partial charge in [0, 0.05) is 11.5 Å². The number of nitrogens with two attached hydrogens (primary N) is 2. The Labute approximate surface area is 151 Å². The molecule has 0 saturated heterocycles. The van der Waals surface area contributed by atoms with E-state index in [9.17, 15) is 13.2 Å². The summed E-state index contributed by atoms with van der Waals surface area (Å²) in [6.45, 7) is 3.17. The zero-order valence-electron chi connectivity index (χ0n) is 13.5. The number of nitrogens with zero attached hydrogens (tertiary/aromatic N) is 1. The smallest absolute Gasteiger partial charge is 0.276 e. The maximum absolute atomic E-state index is 12.1. The summed E-state index contributed by atoms with van der Waals surface area (Å²) in [5.74, 6) is -1.46. The first-order valence-corrected chi connectivity index (χ1v) is 8.63. The van der Waals surface area contributed by atoms with Crippen molar-refractivity contribution in [1.82, 2.24) is 0 Å². The number of carbonyl (C=O) groups excluding carboxylic acids is 1. The lowest BCUT2D eigenvalue weighted by atomic mass is 9.88. The van der Waals surface area contributed by atoms with Crippen molar-refractivity contribution in [3.05, 3.63) is 52.3 Å². The molecule has 0 spiro atoms. The third-order valence-corrected chi connectivity index (χ3v) is 4.73. The molecule has 132 valence electrons. The molecule has 0 radical (unpaired) electrons. The summed E-state index contributed by atoms with van der Waals surface area (Å²) in [4.78, 5) is 15.5. The van der Waals surface area contributed by atoms with Crippen molar-refractivity contribution in [2.45, 2.75) is 13.8 Å². The third-order valence-electron chi connectivity index (χ3n) is 3.52. The SMILES string of the molecule is CC1=C(Oc2ccccc2Cl)C(=S(=O)=O)C(C)C(C(=O)N=C(N)N)=C1. The first-order chi connectivity index (χ1) is 11.7. The van der Waals surface area contributed by atoms with E-state index in [-0.39, 0.29) is 16.2 Å². The molecule has 1 unspecified atom stereocenters. The molecule has 0 heterocycles. The molecule has 0 aliphatic heterocycles. The Morgan fingerprint density at radius 2 is 1.92 bits per heavy atom. The van der Waals surface area contributed by atoms with Crippen LogP contribution in [0.25, 0.3) is 0 Å². The van der Waals surface area contributed by atoms with Gasteiger partial charge in [0.15, 0.2) is 5.96 Å². The Balaban J connectivity index is 2.59. The summed E-state index contributed by atoms with van der Waals surface area (Å²) in [6, 6.07) is 6.67. The van der Waals surface area contributed by atoms with Crippen LogP contribution in [0, 0.1) is 5.92 Å². The van der Waals surface area contributed by atoms with Crippen LogP contribution in [-0.4, -0.2) is 25.1 Å². The number of ether oxygens (including phenoxy) is 1. The quantitative estimate of drug-likeness (QED) is 0.463. The van der Waals surface area contributed by atoms with Crippen LogP contribution in [0.5, 0.6) is 5.75 Å². The lowest BCUT2D eigenvalue weighted by molar-refractivity contribution is -0.114. The molecule has 0 fully saturated rings. The van der Waals surface area contributed by atoms with Gasteiger partial charge in [0.2, 0.25) is 10.3 Å². The number of para-hydroxylation sites is 1. The van der Waals surface area contributed by atoms with Crippen LogP contribution in [0.4, 0.5) is 0 Å². The van der Waals surface area contributed by atoms with Crippen molar-refractivity contribution < 1.29 is 17.9 Å². The number of benzene rings is 1. The standard InChI is InChI=1S/C16H16ClN3O4S/c1-8-7-10(15(21)20-16(18)19)9(2)14(25(22)23)13(8)24-12-6-4-3-5-11(12)17/h3-7,9H,1-2H3,(H4,18,19,20,21). The highest BCUT2D eigenvalue weighted by Gasteiger charge is 2.32. The predicted molar refractivity (Wildman–Crippen MR) is 96.8 cm³/mol. The number of hydrogen-bond acceptors (Lipinski definition) is 4. The fraction of sp³-hybridized carbons (Fsp3) is 0.188. The van der Waals surface area contributed by atoms with Crippen LogP contribution >= 0.6 is 11.6 Å². The summed E-state index contributed by atoms with van der Waals surface area (Å²) in [7, 11) is -2.63. The van der Waals surface area contributed by atoms with Crippen LogP contribution in [0.2, 0.25) is 5.02 Å². The number of carbonyl (C=O) groups is 1. The largest absolute Gasteiger partial charge is 0.454 e. The Kier molecular flexibility index (Phi) is 5.66. The fourth-order valence-electron chi connectivity index (χ4n) is 2.37. The van der Waals surface area contributed by atoms with Crippen LogP contribution in [0.15, 0.2) is 52.2 Å². The molecule has 1 atom stereocenters. The lowest BCUT2D eigenvalue weighted by Crippen LogP contribution is -2.30.